The van der Waals surface area contributed by atoms with E-state index in [9.17, 15) is 9.18 Å². The Balaban J connectivity index is 0.00000200. The average Bonchev–Trinajstić information content (AvgIpc) is 3.13. The molecule has 0 unspecified atom stereocenters. The van der Waals surface area contributed by atoms with Gasteiger partial charge in [0.15, 0.2) is 0 Å². The predicted octanol–water partition coefficient (Wildman–Crippen LogP) is 3.27. The topological polar surface area (TPSA) is 60.9 Å². The number of piperazine rings is 1. The molecular formula is C28H40Cl2FN5O2. The quantitative estimate of drug-likeness (QED) is 0.578. The van der Waals surface area contributed by atoms with E-state index in [-0.39, 0.29) is 48.0 Å². The Bertz CT molecular complexity index is 1100. The van der Waals surface area contributed by atoms with Crippen LogP contribution >= 0.6 is 24.8 Å². The van der Waals surface area contributed by atoms with E-state index in [0.717, 1.165) is 62.9 Å². The number of benzene rings is 1. The van der Waals surface area contributed by atoms with Gasteiger partial charge in [-0.3, -0.25) is 19.6 Å². The smallest absolute Gasteiger partial charge is 0.241 e. The van der Waals surface area contributed by atoms with Crippen molar-refractivity contribution in [1.82, 2.24) is 20.1 Å². The fraction of sp³-hybridized carbons (Fsp3) is 0.571. The second kappa shape index (κ2) is 13.0. The normalized spacial score (nSPS) is 23.3. The second-order valence-electron chi connectivity index (χ2n) is 11.1. The minimum Gasteiger partial charge on any atom is -0.379 e. The molecule has 0 saturated carbocycles. The van der Waals surface area contributed by atoms with Crippen molar-refractivity contribution in [3.05, 3.63) is 59.2 Å². The van der Waals surface area contributed by atoms with Crippen LogP contribution in [0.2, 0.25) is 0 Å². The van der Waals surface area contributed by atoms with Crippen molar-refractivity contribution in [2.24, 2.45) is 0 Å². The molecule has 1 aromatic carbocycles. The fourth-order valence-electron chi connectivity index (χ4n) is 5.70. The van der Waals surface area contributed by atoms with Crippen molar-refractivity contribution in [3.63, 3.8) is 0 Å². The second-order valence-corrected chi connectivity index (χ2v) is 11.1. The van der Waals surface area contributed by atoms with Gasteiger partial charge in [-0.15, -0.1) is 24.8 Å². The summed E-state index contributed by atoms with van der Waals surface area (Å²) in [6.07, 6.45) is 2.28. The maximum absolute atomic E-state index is 14.3. The molecule has 2 aromatic rings. The molecule has 1 aromatic heterocycles. The van der Waals surface area contributed by atoms with Crippen molar-refractivity contribution in [2.45, 2.75) is 44.7 Å². The molecule has 2 saturated heterocycles. The highest BCUT2D eigenvalue weighted by atomic mass is 35.5. The predicted molar refractivity (Wildman–Crippen MR) is 153 cm³/mol. The lowest BCUT2D eigenvalue weighted by atomic mass is 9.91. The van der Waals surface area contributed by atoms with Gasteiger partial charge in [0.25, 0.3) is 0 Å². The highest BCUT2D eigenvalue weighted by molar-refractivity contribution is 5.97. The van der Waals surface area contributed by atoms with Crippen LogP contribution in [0.1, 0.15) is 37.6 Å². The molecule has 0 aliphatic carbocycles. The van der Waals surface area contributed by atoms with Gasteiger partial charge in [-0.05, 0) is 30.2 Å². The SMILES string of the molecule is C[C@@H]1CN(CC(=O)N2CC(C)(C)c3ncc(Cc4ccccc4F)cc32)[C@@H](CN2CCOCC2)CN1.Cl.Cl. The summed E-state index contributed by atoms with van der Waals surface area (Å²) in [4.78, 5) is 25.2. The third kappa shape index (κ3) is 6.84. The van der Waals surface area contributed by atoms with Crippen LogP contribution < -0.4 is 10.2 Å². The van der Waals surface area contributed by atoms with E-state index in [1.54, 1.807) is 12.1 Å². The number of pyridine rings is 1. The van der Waals surface area contributed by atoms with Gasteiger partial charge < -0.3 is 15.0 Å². The molecule has 38 heavy (non-hydrogen) atoms. The number of aromatic nitrogens is 1. The number of hydrogen-bond acceptors (Lipinski definition) is 6. The van der Waals surface area contributed by atoms with Gasteiger partial charge in [0.05, 0.1) is 31.1 Å². The number of halogens is 3. The summed E-state index contributed by atoms with van der Waals surface area (Å²) < 4.78 is 19.8. The third-order valence-corrected chi connectivity index (χ3v) is 7.70. The van der Waals surface area contributed by atoms with Crippen LogP contribution in [0.3, 0.4) is 0 Å². The number of rotatable bonds is 6. The summed E-state index contributed by atoms with van der Waals surface area (Å²) >= 11 is 0. The summed E-state index contributed by atoms with van der Waals surface area (Å²) in [5, 5.41) is 3.59. The standard InChI is InChI=1S/C28H38FN5O2.2ClH/c1-20-16-33(23(15-30-20)17-32-8-10-36-11-9-32)18-26(35)34-19-28(2,3)27-25(34)13-21(14-31-27)12-22-6-4-5-7-24(22)29;;/h4-7,13-14,20,23,30H,8-12,15-19H2,1-3H3;2*1H/t20-,23-;;/m1../s1. The number of carbonyl (C=O) groups is 1. The maximum Gasteiger partial charge on any atom is 0.241 e. The number of morpholine rings is 1. The first-order valence-corrected chi connectivity index (χ1v) is 13.1. The number of nitrogens with zero attached hydrogens (tertiary/aromatic N) is 4. The minimum atomic E-state index is -0.231. The Morgan fingerprint density at radius 1 is 1.21 bits per heavy atom. The zero-order valence-electron chi connectivity index (χ0n) is 22.5. The number of anilines is 1. The van der Waals surface area contributed by atoms with Crippen molar-refractivity contribution >= 4 is 36.4 Å². The molecule has 3 aliphatic rings. The van der Waals surface area contributed by atoms with Gasteiger partial charge in [0, 0.05) is 69.4 Å². The Kier molecular flexibility index (Phi) is 10.5. The van der Waals surface area contributed by atoms with E-state index >= 15 is 0 Å². The number of hydrogen-bond donors (Lipinski definition) is 1. The molecule has 10 heteroatoms. The third-order valence-electron chi connectivity index (χ3n) is 7.70. The van der Waals surface area contributed by atoms with Gasteiger partial charge in [-0.25, -0.2) is 4.39 Å². The lowest BCUT2D eigenvalue weighted by Crippen LogP contribution is -2.61. The van der Waals surface area contributed by atoms with E-state index in [1.165, 1.54) is 6.07 Å². The first-order valence-electron chi connectivity index (χ1n) is 13.1. The lowest BCUT2D eigenvalue weighted by Gasteiger charge is -2.42. The molecule has 1 N–H and O–H groups in total. The Labute approximate surface area is 237 Å². The van der Waals surface area contributed by atoms with Crippen LogP contribution in [0.5, 0.6) is 0 Å². The van der Waals surface area contributed by atoms with Gasteiger partial charge in [-0.2, -0.15) is 0 Å². The van der Waals surface area contributed by atoms with Gasteiger partial charge in [0.1, 0.15) is 5.82 Å². The van der Waals surface area contributed by atoms with Crippen LogP contribution in [0.15, 0.2) is 36.5 Å². The monoisotopic (exact) mass is 567 g/mol. The molecule has 4 heterocycles. The van der Waals surface area contributed by atoms with Crippen LogP contribution in [0, 0.1) is 5.82 Å². The highest BCUT2D eigenvalue weighted by Gasteiger charge is 2.40. The molecule has 3 aliphatic heterocycles. The molecule has 1 amide bonds. The maximum atomic E-state index is 14.3. The van der Waals surface area contributed by atoms with Gasteiger partial charge in [-0.1, -0.05) is 32.0 Å². The first-order chi connectivity index (χ1) is 17.3. The number of nitrogens with one attached hydrogen (secondary N) is 1. The molecule has 5 rings (SSSR count). The van der Waals surface area contributed by atoms with Crippen molar-refractivity contribution in [2.75, 3.05) is 63.9 Å². The molecule has 0 bridgehead atoms. The number of fused-ring (bicyclic) bond motifs is 1. The molecular weight excluding hydrogens is 528 g/mol. The van der Waals surface area contributed by atoms with Crippen LogP contribution in [-0.4, -0.2) is 91.8 Å². The number of carbonyl (C=O) groups excluding carboxylic acids is 1. The van der Waals surface area contributed by atoms with Gasteiger partial charge in [0.2, 0.25) is 5.91 Å². The largest absolute Gasteiger partial charge is 0.379 e. The summed E-state index contributed by atoms with van der Waals surface area (Å²) in [5.74, 6) is -0.113. The van der Waals surface area contributed by atoms with Crippen LogP contribution in [0.4, 0.5) is 10.1 Å². The number of ether oxygens (including phenoxy) is 1. The van der Waals surface area contributed by atoms with Crippen LogP contribution in [-0.2, 0) is 21.4 Å². The molecule has 7 nitrogen and oxygen atoms in total. The van der Waals surface area contributed by atoms with E-state index < -0.39 is 0 Å². The highest BCUT2D eigenvalue weighted by Crippen LogP contribution is 2.39. The number of amides is 1. The van der Waals surface area contributed by atoms with E-state index in [2.05, 4.69) is 35.9 Å². The molecule has 0 radical (unpaired) electrons. The Hall–Kier alpha value is -1.81. The summed E-state index contributed by atoms with van der Waals surface area (Å²) in [6.45, 7) is 13.5. The van der Waals surface area contributed by atoms with Crippen molar-refractivity contribution < 1.29 is 13.9 Å². The Morgan fingerprint density at radius 3 is 2.68 bits per heavy atom. The van der Waals surface area contributed by atoms with E-state index in [0.29, 0.717) is 31.1 Å². The summed E-state index contributed by atoms with van der Waals surface area (Å²) in [5.41, 5.74) is 3.12. The van der Waals surface area contributed by atoms with Crippen LogP contribution in [0.25, 0.3) is 0 Å². The Morgan fingerprint density at radius 2 is 1.95 bits per heavy atom. The average molecular weight is 569 g/mol. The van der Waals surface area contributed by atoms with E-state index in [4.69, 9.17) is 9.72 Å². The zero-order chi connectivity index (χ0) is 25.3. The van der Waals surface area contributed by atoms with E-state index in [1.807, 2.05) is 23.2 Å². The zero-order valence-corrected chi connectivity index (χ0v) is 24.1. The summed E-state index contributed by atoms with van der Waals surface area (Å²) in [6, 6.07) is 9.49. The minimum absolute atomic E-state index is 0. The van der Waals surface area contributed by atoms with Gasteiger partial charge >= 0.3 is 0 Å². The lowest BCUT2D eigenvalue weighted by molar-refractivity contribution is -0.121. The molecule has 210 valence electrons. The first kappa shape index (κ1) is 30.7. The molecule has 0 spiro atoms. The molecule has 2 fully saturated rings. The van der Waals surface area contributed by atoms with Crippen molar-refractivity contribution in [3.8, 4) is 0 Å². The van der Waals surface area contributed by atoms with Crippen molar-refractivity contribution in [1.29, 1.82) is 0 Å². The molecule has 2 atom stereocenters. The fourth-order valence-corrected chi connectivity index (χ4v) is 5.70. The summed E-state index contributed by atoms with van der Waals surface area (Å²) in [7, 11) is 0.